The summed E-state index contributed by atoms with van der Waals surface area (Å²) in [4.78, 5) is 0. The summed E-state index contributed by atoms with van der Waals surface area (Å²) in [6.07, 6.45) is 0.900. The maximum atomic E-state index is 12.3. The third-order valence-corrected chi connectivity index (χ3v) is 5.53. The van der Waals surface area contributed by atoms with Gasteiger partial charge in [0.1, 0.15) is 0 Å². The standard InChI is InChI=1S/C11H24NO4PS/c1-6-9-18-17(13,15-8-3)16-12-11(10(4)5)14-7-2/h10H,6-9H2,1-5H3. The molecule has 0 aliphatic heterocycles. The van der Waals surface area contributed by atoms with E-state index in [9.17, 15) is 4.57 Å². The summed E-state index contributed by atoms with van der Waals surface area (Å²) in [5, 5.41) is 3.84. The molecule has 0 aromatic heterocycles. The fraction of sp³-hybridized carbons (Fsp3) is 0.909. The monoisotopic (exact) mass is 297 g/mol. The van der Waals surface area contributed by atoms with Crippen LogP contribution in [0.4, 0.5) is 0 Å². The summed E-state index contributed by atoms with van der Waals surface area (Å²) >= 11 is 1.17. The lowest BCUT2D eigenvalue weighted by atomic mass is 10.2. The number of hydrogen-bond donors (Lipinski definition) is 0. The van der Waals surface area contributed by atoms with Gasteiger partial charge in [-0.05, 0) is 36.8 Å². The van der Waals surface area contributed by atoms with Crippen LogP contribution in [0.1, 0.15) is 41.0 Å². The Morgan fingerprint density at radius 2 is 1.94 bits per heavy atom. The molecule has 0 N–H and O–H groups in total. The van der Waals surface area contributed by atoms with Crippen LogP contribution in [0.25, 0.3) is 0 Å². The minimum Gasteiger partial charge on any atom is -0.479 e. The van der Waals surface area contributed by atoms with Crippen LogP contribution in [-0.2, 0) is 18.5 Å². The molecule has 0 bridgehead atoms. The summed E-state index contributed by atoms with van der Waals surface area (Å²) in [7, 11) is 0. The first-order chi connectivity index (χ1) is 8.49. The molecule has 5 nitrogen and oxygen atoms in total. The molecule has 0 aliphatic rings. The molecule has 0 saturated carbocycles. The van der Waals surface area contributed by atoms with Crippen molar-refractivity contribution in [2.45, 2.75) is 41.0 Å². The van der Waals surface area contributed by atoms with Gasteiger partial charge in [0.15, 0.2) is 0 Å². The van der Waals surface area contributed by atoms with Gasteiger partial charge in [0.25, 0.3) is 0 Å². The van der Waals surface area contributed by atoms with Gasteiger partial charge in [0.2, 0.25) is 5.90 Å². The van der Waals surface area contributed by atoms with Crippen LogP contribution in [0, 0.1) is 5.92 Å². The molecule has 108 valence electrons. The predicted molar refractivity (Wildman–Crippen MR) is 77.0 cm³/mol. The average molecular weight is 297 g/mol. The van der Waals surface area contributed by atoms with E-state index in [0.717, 1.165) is 6.42 Å². The first-order valence-electron chi connectivity index (χ1n) is 6.27. The minimum absolute atomic E-state index is 0.0798. The molecular formula is C11H24NO4PS. The number of rotatable bonds is 9. The van der Waals surface area contributed by atoms with Crippen molar-refractivity contribution in [2.24, 2.45) is 11.1 Å². The Morgan fingerprint density at radius 3 is 2.39 bits per heavy atom. The first kappa shape index (κ1) is 17.8. The molecule has 18 heavy (non-hydrogen) atoms. The normalized spacial score (nSPS) is 15.6. The topological polar surface area (TPSA) is 57.1 Å². The highest BCUT2D eigenvalue weighted by Crippen LogP contribution is 2.61. The van der Waals surface area contributed by atoms with Crippen molar-refractivity contribution in [2.75, 3.05) is 19.0 Å². The van der Waals surface area contributed by atoms with E-state index in [1.165, 1.54) is 11.4 Å². The average Bonchev–Trinajstić information content (AvgIpc) is 2.32. The van der Waals surface area contributed by atoms with Crippen molar-refractivity contribution in [3.05, 3.63) is 0 Å². The van der Waals surface area contributed by atoms with Crippen molar-refractivity contribution in [1.82, 2.24) is 0 Å². The molecule has 1 atom stereocenters. The Labute approximate surface area is 114 Å². The summed E-state index contributed by atoms with van der Waals surface area (Å²) in [5.41, 5.74) is 0. The van der Waals surface area contributed by atoms with E-state index in [0.29, 0.717) is 24.9 Å². The van der Waals surface area contributed by atoms with E-state index in [1.807, 2.05) is 27.7 Å². The van der Waals surface area contributed by atoms with Crippen LogP contribution >= 0.6 is 18.2 Å². The van der Waals surface area contributed by atoms with Gasteiger partial charge in [-0.25, -0.2) is 4.57 Å². The zero-order valence-electron chi connectivity index (χ0n) is 11.8. The van der Waals surface area contributed by atoms with Crippen LogP contribution in [0.2, 0.25) is 0 Å². The second kappa shape index (κ2) is 9.70. The molecule has 0 aromatic carbocycles. The predicted octanol–water partition coefficient (Wildman–Crippen LogP) is 4.30. The van der Waals surface area contributed by atoms with Crippen molar-refractivity contribution in [3.63, 3.8) is 0 Å². The van der Waals surface area contributed by atoms with E-state index in [4.69, 9.17) is 13.9 Å². The number of nitrogens with zero attached hydrogens (tertiary/aromatic N) is 1. The van der Waals surface area contributed by atoms with Gasteiger partial charge in [-0.2, -0.15) is 0 Å². The Kier molecular flexibility index (Phi) is 9.60. The quantitative estimate of drug-likeness (QED) is 0.275. The molecule has 0 saturated heterocycles. The fourth-order valence-electron chi connectivity index (χ4n) is 0.982. The molecule has 0 rings (SSSR count). The van der Waals surface area contributed by atoms with Gasteiger partial charge >= 0.3 is 6.80 Å². The second-order valence-electron chi connectivity index (χ2n) is 3.80. The molecule has 0 amide bonds. The van der Waals surface area contributed by atoms with Crippen LogP contribution in [0.15, 0.2) is 5.16 Å². The van der Waals surface area contributed by atoms with Crippen molar-refractivity contribution >= 4 is 24.1 Å². The summed E-state index contributed by atoms with van der Waals surface area (Å²) in [6, 6.07) is 0. The summed E-state index contributed by atoms with van der Waals surface area (Å²) < 4.78 is 27.9. The van der Waals surface area contributed by atoms with Crippen molar-refractivity contribution in [1.29, 1.82) is 0 Å². The van der Waals surface area contributed by atoms with Gasteiger partial charge in [0.05, 0.1) is 13.2 Å². The molecular weight excluding hydrogens is 273 g/mol. The van der Waals surface area contributed by atoms with Crippen molar-refractivity contribution in [3.8, 4) is 0 Å². The van der Waals surface area contributed by atoms with E-state index in [1.54, 1.807) is 6.92 Å². The molecule has 7 heteroatoms. The van der Waals surface area contributed by atoms with Gasteiger partial charge in [0, 0.05) is 11.7 Å². The summed E-state index contributed by atoms with van der Waals surface area (Å²) in [5.74, 6) is 1.23. The van der Waals surface area contributed by atoms with E-state index >= 15 is 0 Å². The third kappa shape index (κ3) is 7.29. The Hall–Kier alpha value is -0.190. The van der Waals surface area contributed by atoms with Gasteiger partial charge in [-0.3, -0.25) is 4.52 Å². The van der Waals surface area contributed by atoms with E-state index < -0.39 is 6.80 Å². The Balaban J connectivity index is 4.64. The number of ether oxygens (including phenoxy) is 1. The zero-order chi connectivity index (χ0) is 14.0. The molecule has 0 spiro atoms. The smallest absolute Gasteiger partial charge is 0.460 e. The second-order valence-corrected chi connectivity index (χ2v) is 7.90. The Morgan fingerprint density at radius 1 is 1.28 bits per heavy atom. The van der Waals surface area contributed by atoms with Gasteiger partial charge in [-0.1, -0.05) is 20.8 Å². The van der Waals surface area contributed by atoms with Gasteiger partial charge < -0.3 is 9.36 Å². The maximum absolute atomic E-state index is 12.3. The molecule has 0 fully saturated rings. The molecule has 0 heterocycles. The lowest BCUT2D eigenvalue weighted by Gasteiger charge is -2.15. The van der Waals surface area contributed by atoms with Crippen LogP contribution in [-0.4, -0.2) is 24.9 Å². The fourth-order valence-corrected chi connectivity index (χ4v) is 4.05. The van der Waals surface area contributed by atoms with E-state index in [2.05, 4.69) is 5.16 Å². The molecule has 0 aromatic rings. The van der Waals surface area contributed by atoms with Crippen LogP contribution < -0.4 is 0 Å². The third-order valence-electron chi connectivity index (χ3n) is 1.76. The van der Waals surface area contributed by atoms with Crippen LogP contribution in [0.3, 0.4) is 0 Å². The highest BCUT2D eigenvalue weighted by atomic mass is 32.7. The first-order valence-corrected chi connectivity index (χ1v) is 9.40. The maximum Gasteiger partial charge on any atom is 0.460 e. The lowest BCUT2D eigenvalue weighted by Crippen LogP contribution is -2.12. The van der Waals surface area contributed by atoms with Gasteiger partial charge in [-0.15, -0.1) is 0 Å². The minimum atomic E-state index is -3.20. The largest absolute Gasteiger partial charge is 0.479 e. The number of hydrogen-bond acceptors (Lipinski definition) is 6. The van der Waals surface area contributed by atoms with E-state index in [-0.39, 0.29) is 5.92 Å². The molecule has 0 radical (unpaired) electrons. The highest BCUT2D eigenvalue weighted by molar-refractivity contribution is 8.55. The summed E-state index contributed by atoms with van der Waals surface area (Å²) in [6.45, 7) is 7.14. The Bertz CT molecular complexity index is 297. The zero-order valence-corrected chi connectivity index (χ0v) is 13.6. The molecule has 1 unspecified atom stereocenters. The SMILES string of the molecule is CCCSP(=O)(OCC)ON=C(OCC)C(C)C. The number of oxime groups is 1. The lowest BCUT2D eigenvalue weighted by molar-refractivity contribution is 0.216. The van der Waals surface area contributed by atoms with Crippen molar-refractivity contribution < 1.29 is 18.5 Å². The van der Waals surface area contributed by atoms with Crippen LogP contribution in [0.5, 0.6) is 0 Å². The highest BCUT2D eigenvalue weighted by Gasteiger charge is 2.27. The molecule has 0 aliphatic carbocycles.